The van der Waals surface area contributed by atoms with Crippen molar-refractivity contribution in [2.45, 2.75) is 6.92 Å². The van der Waals surface area contributed by atoms with Crippen LogP contribution in [0.4, 0.5) is 20.6 Å². The molecule has 2 amide bonds. The highest BCUT2D eigenvalue weighted by atomic mass is 35.5. The number of rotatable bonds is 3. The molecule has 0 aliphatic carbocycles. The number of urea groups is 1. The summed E-state index contributed by atoms with van der Waals surface area (Å²) in [5.74, 6) is 0.198. The molecule has 1 fully saturated rings. The smallest absolute Gasteiger partial charge is 0.322 e. The number of aryl methyl sites for hydroxylation is 1. The number of piperazine rings is 1. The molecule has 1 N–H and O–H groups in total. The van der Waals surface area contributed by atoms with Gasteiger partial charge >= 0.3 is 6.03 Å². The lowest BCUT2D eigenvalue weighted by Gasteiger charge is -2.36. The van der Waals surface area contributed by atoms with E-state index in [-0.39, 0.29) is 11.1 Å². The van der Waals surface area contributed by atoms with Crippen LogP contribution in [0, 0.1) is 12.7 Å². The normalized spacial score (nSPS) is 14.3. The van der Waals surface area contributed by atoms with Crippen LogP contribution in [0.25, 0.3) is 0 Å². The molecule has 0 atom stereocenters. The number of halogens is 2. The van der Waals surface area contributed by atoms with Gasteiger partial charge in [0.1, 0.15) is 11.6 Å². The molecular weight excluding hydrogens is 357 g/mol. The summed E-state index contributed by atoms with van der Waals surface area (Å²) < 4.78 is 18.6. The molecule has 0 spiro atoms. The first-order valence-electron chi connectivity index (χ1n) is 8.38. The Morgan fingerprint density at radius 2 is 1.88 bits per heavy atom. The Hall–Kier alpha value is -2.47. The molecule has 2 aromatic rings. The number of amides is 2. The fourth-order valence-corrected chi connectivity index (χ4v) is 3.14. The van der Waals surface area contributed by atoms with Gasteiger partial charge in [-0.05, 0) is 42.8 Å². The second-order valence-corrected chi connectivity index (χ2v) is 6.61. The van der Waals surface area contributed by atoms with Crippen molar-refractivity contribution in [2.24, 2.45) is 0 Å². The van der Waals surface area contributed by atoms with E-state index in [9.17, 15) is 9.18 Å². The number of benzene rings is 2. The first-order valence-corrected chi connectivity index (χ1v) is 8.76. The van der Waals surface area contributed by atoms with Gasteiger partial charge in [0.05, 0.1) is 17.8 Å². The maximum absolute atomic E-state index is 13.3. The second kappa shape index (κ2) is 7.83. The van der Waals surface area contributed by atoms with E-state index in [4.69, 9.17) is 16.3 Å². The molecule has 1 heterocycles. The molecule has 26 heavy (non-hydrogen) atoms. The zero-order chi connectivity index (χ0) is 18.7. The lowest BCUT2D eigenvalue weighted by molar-refractivity contribution is 0.208. The van der Waals surface area contributed by atoms with Crippen LogP contribution in [0.5, 0.6) is 5.75 Å². The summed E-state index contributed by atoms with van der Waals surface area (Å²) in [5.41, 5.74) is 2.56. The highest BCUT2D eigenvalue weighted by Crippen LogP contribution is 2.26. The van der Waals surface area contributed by atoms with Gasteiger partial charge in [-0.2, -0.15) is 0 Å². The SMILES string of the molecule is COc1ccc(C)cc1NC(=O)N1CCN(c2ccc(F)c(Cl)c2)CC1. The fourth-order valence-electron chi connectivity index (χ4n) is 2.96. The summed E-state index contributed by atoms with van der Waals surface area (Å²) in [5, 5.41) is 3.02. The van der Waals surface area contributed by atoms with Crippen molar-refractivity contribution in [2.75, 3.05) is 43.5 Å². The molecule has 0 radical (unpaired) electrons. The predicted octanol–water partition coefficient (Wildman–Crippen LogP) is 4.15. The minimum Gasteiger partial charge on any atom is -0.495 e. The first kappa shape index (κ1) is 18.3. The number of methoxy groups -OCH3 is 1. The number of carbonyl (C=O) groups excluding carboxylic acids is 1. The van der Waals surface area contributed by atoms with Gasteiger partial charge in [0.15, 0.2) is 0 Å². The van der Waals surface area contributed by atoms with Gasteiger partial charge < -0.3 is 19.9 Å². The number of hydrogen-bond donors (Lipinski definition) is 1. The van der Waals surface area contributed by atoms with Crippen molar-refractivity contribution < 1.29 is 13.9 Å². The van der Waals surface area contributed by atoms with Crippen molar-refractivity contribution in [3.63, 3.8) is 0 Å². The van der Waals surface area contributed by atoms with Gasteiger partial charge in [-0.3, -0.25) is 0 Å². The molecule has 0 unspecified atom stereocenters. The maximum Gasteiger partial charge on any atom is 0.322 e. The van der Waals surface area contributed by atoms with E-state index in [0.717, 1.165) is 11.3 Å². The molecule has 0 saturated carbocycles. The first-order chi connectivity index (χ1) is 12.5. The lowest BCUT2D eigenvalue weighted by Crippen LogP contribution is -2.50. The van der Waals surface area contributed by atoms with Gasteiger partial charge in [0, 0.05) is 31.9 Å². The second-order valence-electron chi connectivity index (χ2n) is 6.21. The van der Waals surface area contributed by atoms with E-state index < -0.39 is 5.82 Å². The van der Waals surface area contributed by atoms with Gasteiger partial charge in [-0.1, -0.05) is 17.7 Å². The van der Waals surface area contributed by atoms with Crippen LogP contribution in [0.3, 0.4) is 0 Å². The van der Waals surface area contributed by atoms with Gasteiger partial charge in [-0.15, -0.1) is 0 Å². The molecule has 3 rings (SSSR count). The van der Waals surface area contributed by atoms with Crippen molar-refractivity contribution >= 4 is 29.0 Å². The van der Waals surface area contributed by atoms with E-state index in [1.165, 1.54) is 6.07 Å². The Bertz CT molecular complexity index is 807. The van der Waals surface area contributed by atoms with Crippen molar-refractivity contribution in [3.8, 4) is 5.75 Å². The van der Waals surface area contributed by atoms with Gasteiger partial charge in [-0.25, -0.2) is 9.18 Å². The average molecular weight is 378 g/mol. The van der Waals surface area contributed by atoms with E-state index in [2.05, 4.69) is 10.2 Å². The number of nitrogens with one attached hydrogen (secondary N) is 1. The number of carbonyl (C=O) groups is 1. The quantitative estimate of drug-likeness (QED) is 0.873. The third kappa shape index (κ3) is 4.02. The summed E-state index contributed by atoms with van der Waals surface area (Å²) in [6, 6.07) is 10.2. The predicted molar refractivity (Wildman–Crippen MR) is 102 cm³/mol. The molecule has 5 nitrogen and oxygen atoms in total. The lowest BCUT2D eigenvalue weighted by atomic mass is 10.2. The van der Waals surface area contributed by atoms with Crippen LogP contribution < -0.4 is 15.0 Å². The number of ether oxygens (including phenoxy) is 1. The van der Waals surface area contributed by atoms with Crippen LogP contribution >= 0.6 is 11.6 Å². The van der Waals surface area contributed by atoms with Gasteiger partial charge in [0.2, 0.25) is 0 Å². The van der Waals surface area contributed by atoms with E-state index >= 15 is 0 Å². The average Bonchev–Trinajstić information content (AvgIpc) is 2.64. The molecule has 138 valence electrons. The maximum atomic E-state index is 13.3. The van der Waals surface area contributed by atoms with Crippen molar-refractivity contribution in [1.29, 1.82) is 0 Å². The van der Waals surface area contributed by atoms with Crippen molar-refractivity contribution in [1.82, 2.24) is 4.90 Å². The Labute approximate surface area is 157 Å². The van der Waals surface area contributed by atoms with E-state index in [1.54, 1.807) is 24.1 Å². The van der Waals surface area contributed by atoms with E-state index in [1.807, 2.05) is 25.1 Å². The minimum atomic E-state index is -0.430. The number of nitrogens with zero attached hydrogens (tertiary/aromatic N) is 2. The topological polar surface area (TPSA) is 44.8 Å². The molecule has 7 heteroatoms. The van der Waals surface area contributed by atoms with Crippen LogP contribution in [-0.2, 0) is 0 Å². The molecule has 1 saturated heterocycles. The summed E-state index contributed by atoms with van der Waals surface area (Å²) in [6.07, 6.45) is 0. The number of hydrogen-bond acceptors (Lipinski definition) is 3. The summed E-state index contributed by atoms with van der Waals surface area (Å²) in [7, 11) is 1.58. The molecular formula is C19H21ClFN3O2. The molecule has 1 aliphatic heterocycles. The fraction of sp³-hybridized carbons (Fsp3) is 0.316. The molecule has 2 aromatic carbocycles. The minimum absolute atomic E-state index is 0.106. The summed E-state index contributed by atoms with van der Waals surface area (Å²) in [6.45, 7) is 4.40. The third-order valence-electron chi connectivity index (χ3n) is 4.43. The standard InChI is InChI=1S/C19H21ClFN3O2/c1-13-3-6-18(26-2)17(11-13)22-19(25)24-9-7-23(8-10-24)14-4-5-16(21)15(20)12-14/h3-6,11-12H,7-10H2,1-2H3,(H,22,25). The third-order valence-corrected chi connectivity index (χ3v) is 4.72. The monoisotopic (exact) mass is 377 g/mol. The Balaban J connectivity index is 1.62. The van der Waals surface area contributed by atoms with E-state index in [0.29, 0.717) is 37.6 Å². The highest BCUT2D eigenvalue weighted by Gasteiger charge is 2.22. The van der Waals surface area contributed by atoms with Crippen LogP contribution in [0.1, 0.15) is 5.56 Å². The van der Waals surface area contributed by atoms with Crippen LogP contribution in [0.2, 0.25) is 5.02 Å². The Morgan fingerprint density at radius 1 is 1.15 bits per heavy atom. The zero-order valence-electron chi connectivity index (χ0n) is 14.8. The zero-order valence-corrected chi connectivity index (χ0v) is 15.5. The van der Waals surface area contributed by atoms with Gasteiger partial charge in [0.25, 0.3) is 0 Å². The molecule has 0 bridgehead atoms. The van der Waals surface area contributed by atoms with Crippen molar-refractivity contribution in [3.05, 3.63) is 52.8 Å². The summed E-state index contributed by atoms with van der Waals surface area (Å²) >= 11 is 5.86. The molecule has 1 aliphatic rings. The highest BCUT2D eigenvalue weighted by molar-refractivity contribution is 6.31. The summed E-state index contributed by atoms with van der Waals surface area (Å²) in [4.78, 5) is 16.4. The molecule has 0 aromatic heterocycles. The Kier molecular flexibility index (Phi) is 5.52. The Morgan fingerprint density at radius 3 is 2.54 bits per heavy atom. The largest absolute Gasteiger partial charge is 0.495 e. The number of anilines is 2. The van der Waals surface area contributed by atoms with Crippen LogP contribution in [-0.4, -0.2) is 44.2 Å². The van der Waals surface area contributed by atoms with Crippen LogP contribution in [0.15, 0.2) is 36.4 Å².